The first kappa shape index (κ1) is 30.5. The van der Waals surface area contributed by atoms with Crippen LogP contribution in [0.25, 0.3) is 0 Å². The Morgan fingerprint density at radius 1 is 0.921 bits per heavy atom. The number of carbonyl (C=O) groups excluding carboxylic acids is 1. The van der Waals surface area contributed by atoms with Crippen molar-refractivity contribution >= 4 is 23.5 Å². The second kappa shape index (κ2) is 12.7. The van der Waals surface area contributed by atoms with Gasteiger partial charge in [0, 0.05) is 32.3 Å². The minimum Gasteiger partial charge on any atom is -0.475 e. The normalized spacial score (nSPS) is 20.1. The predicted molar refractivity (Wildman–Crippen MR) is 117 cm³/mol. The number of likely N-dealkylation sites (tertiary alicyclic amines) is 1. The molecule has 0 spiro atoms. The van der Waals surface area contributed by atoms with Crippen molar-refractivity contribution < 1.29 is 55.3 Å². The Morgan fingerprint density at radius 3 is 1.84 bits per heavy atom. The Morgan fingerprint density at radius 2 is 1.42 bits per heavy atom. The van der Waals surface area contributed by atoms with Crippen molar-refractivity contribution in [2.75, 3.05) is 18.4 Å². The van der Waals surface area contributed by atoms with Gasteiger partial charge < -0.3 is 15.5 Å². The summed E-state index contributed by atoms with van der Waals surface area (Å²) in [5, 5.41) is 17.2. The standard InChI is InChI=1S/C19H20FN3O.2C2HF3O2/c20-14-5-3-13(4-6-14)10-23-11-17-16(18(17)12-23)8-19(24)22-15-2-1-7-21-9-15;2*3-2(4,5)1(6)7/h1-7,9,16-18H,8,10-12H2,(H,22,24);2*(H,6,7)/t16?,17-,18+;;. The number of fused-ring (bicyclic) bond motifs is 1. The summed E-state index contributed by atoms with van der Waals surface area (Å²) in [5.41, 5.74) is 1.90. The zero-order valence-corrected chi connectivity index (χ0v) is 19.3. The highest BCUT2D eigenvalue weighted by Crippen LogP contribution is 2.53. The van der Waals surface area contributed by atoms with Gasteiger partial charge >= 0.3 is 24.3 Å². The molecule has 15 heteroatoms. The highest BCUT2D eigenvalue weighted by molar-refractivity contribution is 5.90. The van der Waals surface area contributed by atoms with Crippen LogP contribution in [0.4, 0.5) is 36.4 Å². The molecule has 2 fully saturated rings. The Hall–Kier alpha value is -3.75. The summed E-state index contributed by atoms with van der Waals surface area (Å²) in [6.07, 6.45) is -6.22. The number of hydrogen-bond acceptors (Lipinski definition) is 5. The molecule has 2 aromatic rings. The molecule has 2 heterocycles. The van der Waals surface area contributed by atoms with Crippen molar-refractivity contribution in [2.24, 2.45) is 17.8 Å². The molecule has 8 nitrogen and oxygen atoms in total. The minimum absolute atomic E-state index is 0.0764. The number of piperidine rings is 1. The van der Waals surface area contributed by atoms with Crippen LogP contribution in [0.5, 0.6) is 0 Å². The van der Waals surface area contributed by atoms with Crippen LogP contribution in [0.2, 0.25) is 0 Å². The van der Waals surface area contributed by atoms with Gasteiger partial charge in [-0.2, -0.15) is 26.3 Å². The van der Waals surface area contributed by atoms with Gasteiger partial charge in [-0.15, -0.1) is 0 Å². The number of anilines is 1. The average molecular weight is 553 g/mol. The van der Waals surface area contributed by atoms with Gasteiger partial charge in [0.15, 0.2) is 0 Å². The van der Waals surface area contributed by atoms with E-state index in [0.29, 0.717) is 24.2 Å². The van der Waals surface area contributed by atoms with Crippen LogP contribution in [-0.4, -0.2) is 63.4 Å². The van der Waals surface area contributed by atoms with E-state index in [0.717, 1.165) is 30.9 Å². The molecule has 1 amide bonds. The van der Waals surface area contributed by atoms with E-state index in [2.05, 4.69) is 15.2 Å². The topological polar surface area (TPSA) is 120 Å². The quantitative estimate of drug-likeness (QED) is 0.475. The molecule has 1 aliphatic heterocycles. The Labute approximate surface area is 211 Å². The van der Waals surface area contributed by atoms with E-state index in [1.165, 1.54) is 12.1 Å². The van der Waals surface area contributed by atoms with Crippen molar-refractivity contribution in [1.82, 2.24) is 9.88 Å². The molecule has 1 aromatic carbocycles. The Bertz CT molecular complexity index is 1060. The molecule has 3 N–H and O–H groups in total. The van der Waals surface area contributed by atoms with Crippen LogP contribution < -0.4 is 5.32 Å². The van der Waals surface area contributed by atoms with Crippen LogP contribution in [0.3, 0.4) is 0 Å². The van der Waals surface area contributed by atoms with Crippen LogP contribution in [-0.2, 0) is 20.9 Å². The van der Waals surface area contributed by atoms with Gasteiger partial charge in [0.1, 0.15) is 5.82 Å². The average Bonchev–Trinajstić information content (AvgIpc) is 3.24. The lowest BCUT2D eigenvalue weighted by molar-refractivity contribution is -0.193. The largest absolute Gasteiger partial charge is 0.490 e. The fourth-order valence-electron chi connectivity index (χ4n) is 3.88. The first-order valence-corrected chi connectivity index (χ1v) is 10.8. The molecule has 1 aliphatic carbocycles. The molecule has 4 rings (SSSR count). The number of pyridine rings is 1. The lowest BCUT2D eigenvalue weighted by Crippen LogP contribution is -2.25. The molecule has 208 valence electrons. The number of benzene rings is 1. The highest BCUT2D eigenvalue weighted by Gasteiger charge is 2.55. The second-order valence-electron chi connectivity index (χ2n) is 8.41. The number of carboxylic acid groups (broad SMARTS) is 2. The fraction of sp³-hybridized carbons (Fsp3) is 0.391. The van der Waals surface area contributed by atoms with Crippen molar-refractivity contribution in [3.05, 3.63) is 60.2 Å². The zero-order valence-electron chi connectivity index (χ0n) is 19.3. The van der Waals surface area contributed by atoms with Gasteiger partial charge in [-0.3, -0.25) is 14.7 Å². The summed E-state index contributed by atoms with van der Waals surface area (Å²) < 4.78 is 76.4. The Balaban J connectivity index is 0.000000301. The van der Waals surface area contributed by atoms with Crippen LogP contribution >= 0.6 is 0 Å². The summed E-state index contributed by atoms with van der Waals surface area (Å²) >= 11 is 0. The van der Waals surface area contributed by atoms with E-state index in [4.69, 9.17) is 19.8 Å². The van der Waals surface area contributed by atoms with Crippen LogP contribution in [0.1, 0.15) is 12.0 Å². The summed E-state index contributed by atoms with van der Waals surface area (Å²) in [6.45, 7) is 2.93. The zero-order chi connectivity index (χ0) is 28.7. The summed E-state index contributed by atoms with van der Waals surface area (Å²) in [6, 6.07) is 10.4. The predicted octanol–water partition coefficient (Wildman–Crippen LogP) is 4.19. The molecule has 1 saturated carbocycles. The number of rotatable bonds is 5. The van der Waals surface area contributed by atoms with E-state index < -0.39 is 24.3 Å². The number of carboxylic acids is 2. The van der Waals surface area contributed by atoms with Gasteiger partial charge in [-0.1, -0.05) is 12.1 Å². The van der Waals surface area contributed by atoms with E-state index >= 15 is 0 Å². The smallest absolute Gasteiger partial charge is 0.475 e. The Kier molecular flexibility index (Phi) is 10.2. The van der Waals surface area contributed by atoms with E-state index in [1.54, 1.807) is 12.4 Å². The highest BCUT2D eigenvalue weighted by atomic mass is 19.4. The van der Waals surface area contributed by atoms with Gasteiger partial charge in [0.2, 0.25) is 5.91 Å². The molecule has 0 radical (unpaired) electrons. The lowest BCUT2D eigenvalue weighted by atomic mass is 10.1. The van der Waals surface area contributed by atoms with Gasteiger partial charge in [0.05, 0.1) is 11.9 Å². The number of nitrogens with zero attached hydrogens (tertiary/aromatic N) is 2. The third-order valence-electron chi connectivity index (χ3n) is 5.62. The number of hydrogen-bond donors (Lipinski definition) is 3. The molecule has 1 aromatic heterocycles. The molecule has 1 unspecified atom stereocenters. The molecule has 2 aliphatic rings. The molecule has 1 saturated heterocycles. The van der Waals surface area contributed by atoms with Gasteiger partial charge in [0.25, 0.3) is 0 Å². The first-order valence-electron chi connectivity index (χ1n) is 10.8. The van der Waals surface area contributed by atoms with Crippen LogP contribution in [0, 0.1) is 23.6 Å². The van der Waals surface area contributed by atoms with E-state index in [1.807, 2.05) is 24.3 Å². The first-order chi connectivity index (χ1) is 17.6. The second-order valence-corrected chi connectivity index (χ2v) is 8.41. The maximum atomic E-state index is 12.9. The maximum absolute atomic E-state index is 12.9. The molecular formula is C23H22F7N3O5. The minimum atomic E-state index is -5.08. The lowest BCUT2D eigenvalue weighted by Gasteiger charge is -2.19. The number of carbonyl (C=O) groups is 3. The summed E-state index contributed by atoms with van der Waals surface area (Å²) in [5.74, 6) is -3.86. The molecular weight excluding hydrogens is 531 g/mol. The van der Waals surface area contributed by atoms with Gasteiger partial charge in [-0.25, -0.2) is 14.0 Å². The number of amides is 1. The third-order valence-corrected chi connectivity index (χ3v) is 5.62. The van der Waals surface area contributed by atoms with Crippen molar-refractivity contribution in [3.63, 3.8) is 0 Å². The molecule has 38 heavy (non-hydrogen) atoms. The van der Waals surface area contributed by atoms with Crippen molar-refractivity contribution in [2.45, 2.75) is 25.3 Å². The fourth-order valence-corrected chi connectivity index (χ4v) is 3.88. The third kappa shape index (κ3) is 9.95. The summed E-state index contributed by atoms with van der Waals surface area (Å²) in [4.78, 5) is 36.3. The maximum Gasteiger partial charge on any atom is 0.490 e. The molecule has 3 atom stereocenters. The van der Waals surface area contributed by atoms with Crippen LogP contribution in [0.15, 0.2) is 48.8 Å². The van der Waals surface area contributed by atoms with E-state index in [9.17, 15) is 35.5 Å². The monoisotopic (exact) mass is 553 g/mol. The number of aromatic nitrogens is 1. The number of alkyl halides is 6. The number of halogens is 7. The number of nitrogens with one attached hydrogen (secondary N) is 1. The summed E-state index contributed by atoms with van der Waals surface area (Å²) in [7, 11) is 0. The van der Waals surface area contributed by atoms with Gasteiger partial charge in [-0.05, 0) is 47.6 Å². The number of aliphatic carboxylic acids is 2. The van der Waals surface area contributed by atoms with Crippen molar-refractivity contribution in [1.29, 1.82) is 0 Å². The van der Waals surface area contributed by atoms with Crippen molar-refractivity contribution in [3.8, 4) is 0 Å². The van der Waals surface area contributed by atoms with E-state index in [-0.39, 0.29) is 11.7 Å². The SMILES string of the molecule is O=C(CC1[C@H]2CN(Cc3ccc(F)cc3)C[C@@H]12)Nc1cccnc1.O=C(O)C(F)(F)F.O=C(O)C(F)(F)F. The molecule has 0 bridgehead atoms.